The molecule has 0 fully saturated rings. The topological polar surface area (TPSA) is 67.8 Å². The zero-order valence-electron chi connectivity index (χ0n) is 16.2. The fourth-order valence-corrected chi connectivity index (χ4v) is 4.23. The van der Waals surface area contributed by atoms with Crippen LogP contribution in [0.25, 0.3) is 5.69 Å². The number of rotatable bonds is 6. The molecule has 3 aromatic rings. The van der Waals surface area contributed by atoms with Gasteiger partial charge in [-0.1, -0.05) is 23.9 Å². The van der Waals surface area contributed by atoms with E-state index >= 15 is 0 Å². The van der Waals surface area contributed by atoms with E-state index in [4.69, 9.17) is 0 Å². The second-order valence-corrected chi connectivity index (χ2v) is 8.03. The number of hydrogen-bond acceptors (Lipinski definition) is 4. The lowest BCUT2D eigenvalue weighted by molar-refractivity contribution is 0.0988. The van der Waals surface area contributed by atoms with Crippen LogP contribution in [0.5, 0.6) is 0 Å². The zero-order valence-corrected chi connectivity index (χ0v) is 17.0. The molecule has 0 radical (unpaired) electrons. The SMILES string of the molecule is CC(=O)c1c(C)[nH]c(C(=O)C(C)Sc2nccn2-c2cccc(C)c2)c1C. The van der Waals surface area contributed by atoms with E-state index in [2.05, 4.69) is 16.0 Å². The number of Topliss-reactive ketones (excluding diaryl/α,β-unsaturated/α-hetero) is 2. The molecule has 27 heavy (non-hydrogen) atoms. The minimum absolute atomic E-state index is 0.0319. The van der Waals surface area contributed by atoms with Gasteiger partial charge in [0.15, 0.2) is 16.7 Å². The van der Waals surface area contributed by atoms with Gasteiger partial charge in [-0.05, 0) is 57.9 Å². The van der Waals surface area contributed by atoms with Crippen LogP contribution >= 0.6 is 11.8 Å². The maximum atomic E-state index is 13.0. The molecular formula is C21H23N3O2S. The molecule has 2 aromatic heterocycles. The Morgan fingerprint density at radius 1 is 1.22 bits per heavy atom. The van der Waals surface area contributed by atoms with Gasteiger partial charge in [0.25, 0.3) is 0 Å². The molecule has 1 unspecified atom stereocenters. The first kappa shape index (κ1) is 19.2. The molecule has 6 heteroatoms. The van der Waals surface area contributed by atoms with E-state index in [1.165, 1.54) is 18.7 Å². The lowest BCUT2D eigenvalue weighted by Crippen LogP contribution is -2.16. The molecule has 140 valence electrons. The highest BCUT2D eigenvalue weighted by atomic mass is 32.2. The number of aromatic nitrogens is 3. The first-order valence-corrected chi connectivity index (χ1v) is 9.69. The van der Waals surface area contributed by atoms with Gasteiger partial charge in [0, 0.05) is 29.3 Å². The molecule has 1 N–H and O–H groups in total. The lowest BCUT2D eigenvalue weighted by Gasteiger charge is -2.12. The van der Waals surface area contributed by atoms with Gasteiger partial charge in [-0.25, -0.2) is 4.98 Å². The van der Waals surface area contributed by atoms with Gasteiger partial charge >= 0.3 is 0 Å². The molecule has 0 aliphatic heterocycles. The normalized spacial score (nSPS) is 12.2. The lowest BCUT2D eigenvalue weighted by atomic mass is 10.0. The Bertz CT molecular complexity index is 1020. The predicted molar refractivity (Wildman–Crippen MR) is 108 cm³/mol. The fraction of sp³-hybridized carbons (Fsp3) is 0.286. The largest absolute Gasteiger partial charge is 0.355 e. The molecule has 1 aromatic carbocycles. The highest BCUT2D eigenvalue weighted by Gasteiger charge is 2.25. The molecule has 5 nitrogen and oxygen atoms in total. The van der Waals surface area contributed by atoms with E-state index in [1.54, 1.807) is 6.20 Å². The average molecular weight is 382 g/mol. The van der Waals surface area contributed by atoms with Crippen LogP contribution in [0, 0.1) is 20.8 Å². The Kier molecular flexibility index (Phi) is 5.37. The summed E-state index contributed by atoms with van der Waals surface area (Å²) in [5, 5.41) is 0.418. The number of nitrogens with one attached hydrogen (secondary N) is 1. The van der Waals surface area contributed by atoms with Crippen LogP contribution in [0.15, 0.2) is 41.8 Å². The van der Waals surface area contributed by atoms with Crippen molar-refractivity contribution in [3.05, 3.63) is 64.7 Å². The molecule has 0 bridgehead atoms. The van der Waals surface area contributed by atoms with Gasteiger partial charge in [-0.15, -0.1) is 0 Å². The number of hydrogen-bond donors (Lipinski definition) is 1. The van der Waals surface area contributed by atoms with Crippen molar-refractivity contribution in [1.82, 2.24) is 14.5 Å². The van der Waals surface area contributed by atoms with Gasteiger partial charge in [-0.3, -0.25) is 14.2 Å². The van der Waals surface area contributed by atoms with Crippen molar-refractivity contribution in [2.75, 3.05) is 0 Å². The summed E-state index contributed by atoms with van der Waals surface area (Å²) in [5.74, 6) is -0.0671. The number of benzene rings is 1. The van der Waals surface area contributed by atoms with Crippen molar-refractivity contribution in [2.24, 2.45) is 0 Å². The monoisotopic (exact) mass is 381 g/mol. The zero-order chi connectivity index (χ0) is 19.7. The maximum Gasteiger partial charge on any atom is 0.192 e. The number of nitrogens with zero attached hydrogens (tertiary/aromatic N) is 2. The molecule has 0 aliphatic rings. The van der Waals surface area contributed by atoms with Crippen LogP contribution < -0.4 is 0 Å². The Balaban J connectivity index is 1.86. The first-order valence-electron chi connectivity index (χ1n) is 8.81. The third-order valence-electron chi connectivity index (χ3n) is 4.57. The van der Waals surface area contributed by atoms with Crippen LogP contribution in [0.4, 0.5) is 0 Å². The van der Waals surface area contributed by atoms with Crippen LogP contribution in [0.2, 0.25) is 0 Å². The Morgan fingerprint density at radius 2 is 1.96 bits per heavy atom. The summed E-state index contributed by atoms with van der Waals surface area (Å²) in [6.45, 7) is 9.07. The molecule has 0 saturated carbocycles. The number of ketones is 2. The third kappa shape index (κ3) is 3.76. The maximum absolute atomic E-state index is 13.0. The van der Waals surface area contributed by atoms with E-state index in [0.29, 0.717) is 11.3 Å². The summed E-state index contributed by atoms with van der Waals surface area (Å²) in [6, 6.07) is 8.14. The van der Waals surface area contributed by atoms with E-state index in [-0.39, 0.29) is 16.8 Å². The summed E-state index contributed by atoms with van der Waals surface area (Å²) >= 11 is 1.41. The standard InChI is InChI=1S/C21H23N3O2S/c1-12-7-6-8-17(11-12)24-10-9-22-21(24)27-16(5)20(26)19-13(2)18(15(4)25)14(3)23-19/h6-11,16,23H,1-5H3. The van der Waals surface area contributed by atoms with Crippen molar-refractivity contribution in [3.63, 3.8) is 0 Å². The van der Waals surface area contributed by atoms with Crippen LogP contribution in [-0.2, 0) is 0 Å². The Hall–Kier alpha value is -2.60. The van der Waals surface area contributed by atoms with E-state index in [0.717, 1.165) is 27.7 Å². The highest BCUT2D eigenvalue weighted by Crippen LogP contribution is 2.28. The molecule has 3 rings (SSSR count). The second kappa shape index (κ2) is 7.56. The van der Waals surface area contributed by atoms with Crippen LogP contribution in [0.3, 0.4) is 0 Å². The number of H-pyrrole nitrogens is 1. The molecule has 2 heterocycles. The summed E-state index contributed by atoms with van der Waals surface area (Å²) < 4.78 is 1.98. The van der Waals surface area contributed by atoms with Crippen molar-refractivity contribution in [1.29, 1.82) is 0 Å². The first-order chi connectivity index (χ1) is 12.8. The summed E-state index contributed by atoms with van der Waals surface area (Å²) in [5.41, 5.74) is 4.75. The van der Waals surface area contributed by atoms with Crippen molar-refractivity contribution in [2.45, 2.75) is 45.0 Å². The van der Waals surface area contributed by atoms with Crippen molar-refractivity contribution >= 4 is 23.3 Å². The number of carbonyl (C=O) groups excluding carboxylic acids is 2. The smallest absolute Gasteiger partial charge is 0.192 e. The molecule has 1 atom stereocenters. The number of aryl methyl sites for hydroxylation is 2. The number of carbonyl (C=O) groups is 2. The van der Waals surface area contributed by atoms with Gasteiger partial charge in [0.05, 0.1) is 10.9 Å². The number of imidazole rings is 1. The quantitative estimate of drug-likeness (QED) is 0.497. The highest BCUT2D eigenvalue weighted by molar-refractivity contribution is 8.00. The third-order valence-corrected chi connectivity index (χ3v) is 5.65. The van der Waals surface area contributed by atoms with Crippen LogP contribution in [-0.4, -0.2) is 31.4 Å². The van der Waals surface area contributed by atoms with Gasteiger partial charge < -0.3 is 4.98 Å². The molecule has 0 spiro atoms. The second-order valence-electron chi connectivity index (χ2n) is 6.72. The number of aromatic amines is 1. The minimum atomic E-state index is -0.340. The molecule has 0 aliphatic carbocycles. The summed E-state index contributed by atoms with van der Waals surface area (Å²) in [4.78, 5) is 32.3. The van der Waals surface area contributed by atoms with Crippen molar-refractivity contribution in [3.8, 4) is 5.69 Å². The molecule has 0 saturated heterocycles. The summed E-state index contributed by atoms with van der Waals surface area (Å²) in [7, 11) is 0. The van der Waals surface area contributed by atoms with E-state index in [1.807, 2.05) is 56.7 Å². The van der Waals surface area contributed by atoms with E-state index < -0.39 is 0 Å². The minimum Gasteiger partial charge on any atom is -0.355 e. The molecule has 0 amide bonds. The van der Waals surface area contributed by atoms with Crippen LogP contribution in [0.1, 0.15) is 51.5 Å². The predicted octanol–water partition coefficient (Wildman–Crippen LogP) is 4.69. The van der Waals surface area contributed by atoms with Gasteiger partial charge in [-0.2, -0.15) is 0 Å². The van der Waals surface area contributed by atoms with E-state index in [9.17, 15) is 9.59 Å². The Morgan fingerprint density at radius 3 is 2.59 bits per heavy atom. The average Bonchev–Trinajstić information content (AvgIpc) is 3.18. The summed E-state index contributed by atoms with van der Waals surface area (Å²) in [6.07, 6.45) is 3.63. The Labute approximate surface area is 163 Å². The molecular weight excluding hydrogens is 358 g/mol. The van der Waals surface area contributed by atoms with Gasteiger partial charge in [0.1, 0.15) is 0 Å². The van der Waals surface area contributed by atoms with Gasteiger partial charge in [0.2, 0.25) is 0 Å². The van der Waals surface area contributed by atoms with Crippen molar-refractivity contribution < 1.29 is 9.59 Å². The fourth-order valence-electron chi connectivity index (χ4n) is 3.29. The number of thioether (sulfide) groups is 1.